The summed E-state index contributed by atoms with van der Waals surface area (Å²) in [6.07, 6.45) is 1.84. The third-order valence-electron chi connectivity index (χ3n) is 2.44. The van der Waals surface area contributed by atoms with E-state index in [0.29, 0.717) is 0 Å². The fraction of sp³-hybridized carbons (Fsp3) is 0.500. The first kappa shape index (κ1) is 12.9. The fourth-order valence-electron chi connectivity index (χ4n) is 1.11. The molecule has 90 valence electrons. The van der Waals surface area contributed by atoms with Crippen molar-refractivity contribution in [1.82, 2.24) is 9.97 Å². The SMILES string of the molecule is C[C@H](C(C)(N)c1ncc(F)cn1)S(N)(=O)=O. The average Bonchev–Trinajstić information content (AvgIpc) is 2.16. The van der Waals surface area contributed by atoms with Crippen LogP contribution in [0.2, 0.25) is 0 Å². The molecule has 1 aromatic rings. The Morgan fingerprint density at radius 3 is 2.25 bits per heavy atom. The molecule has 0 bridgehead atoms. The van der Waals surface area contributed by atoms with E-state index in [1.165, 1.54) is 13.8 Å². The summed E-state index contributed by atoms with van der Waals surface area (Å²) in [5, 5.41) is 3.92. The number of rotatable bonds is 3. The molecule has 0 spiro atoms. The minimum atomic E-state index is -3.82. The molecular formula is C8H13FN4O2S. The Balaban J connectivity index is 3.16. The Hall–Kier alpha value is -1.12. The summed E-state index contributed by atoms with van der Waals surface area (Å²) in [5.41, 5.74) is 4.44. The van der Waals surface area contributed by atoms with Crippen molar-refractivity contribution in [3.63, 3.8) is 0 Å². The Morgan fingerprint density at radius 2 is 1.88 bits per heavy atom. The molecule has 0 aliphatic heterocycles. The van der Waals surface area contributed by atoms with Crippen molar-refractivity contribution in [3.05, 3.63) is 24.0 Å². The van der Waals surface area contributed by atoms with E-state index in [2.05, 4.69) is 9.97 Å². The molecule has 16 heavy (non-hydrogen) atoms. The predicted octanol–water partition coefficient (Wildman–Crippen LogP) is -0.533. The summed E-state index contributed by atoms with van der Waals surface area (Å²) in [4.78, 5) is 7.31. The number of nitrogens with two attached hydrogens (primary N) is 2. The molecule has 1 heterocycles. The van der Waals surface area contributed by atoms with Gasteiger partial charge in [0.25, 0.3) is 0 Å². The van der Waals surface area contributed by atoms with Gasteiger partial charge in [0.1, 0.15) is 5.82 Å². The third kappa shape index (κ3) is 2.52. The van der Waals surface area contributed by atoms with E-state index in [1.807, 2.05) is 0 Å². The Bertz CT molecular complexity index is 471. The van der Waals surface area contributed by atoms with Gasteiger partial charge in [-0.05, 0) is 13.8 Å². The highest BCUT2D eigenvalue weighted by molar-refractivity contribution is 7.89. The number of nitrogens with zero attached hydrogens (tertiary/aromatic N) is 2. The van der Waals surface area contributed by atoms with Gasteiger partial charge in [0.05, 0.1) is 23.2 Å². The maximum atomic E-state index is 12.6. The molecule has 0 saturated carbocycles. The van der Waals surface area contributed by atoms with E-state index in [1.54, 1.807) is 0 Å². The second-order valence-corrected chi connectivity index (χ2v) is 5.62. The van der Waals surface area contributed by atoms with Gasteiger partial charge in [-0.25, -0.2) is 27.9 Å². The smallest absolute Gasteiger partial charge is 0.213 e. The summed E-state index contributed by atoms with van der Waals surface area (Å²) < 4.78 is 35.0. The summed E-state index contributed by atoms with van der Waals surface area (Å²) in [6, 6.07) is 0. The maximum absolute atomic E-state index is 12.6. The first-order chi connectivity index (χ1) is 7.15. The zero-order valence-electron chi connectivity index (χ0n) is 8.88. The number of hydrogen-bond donors (Lipinski definition) is 2. The molecular weight excluding hydrogens is 235 g/mol. The number of sulfonamides is 1. The Morgan fingerprint density at radius 1 is 1.44 bits per heavy atom. The number of primary sulfonamides is 1. The number of aromatic nitrogens is 2. The molecule has 4 N–H and O–H groups in total. The molecule has 0 amide bonds. The standard InChI is InChI=1S/C8H13FN4O2S/c1-5(16(11,14)15)8(2,10)7-12-3-6(9)4-13-7/h3-5H,10H2,1-2H3,(H2,11,14,15)/t5-,8?/m1/s1. The van der Waals surface area contributed by atoms with Crippen LogP contribution in [0.25, 0.3) is 0 Å². The van der Waals surface area contributed by atoms with Crippen molar-refractivity contribution in [2.24, 2.45) is 10.9 Å². The topological polar surface area (TPSA) is 112 Å². The zero-order chi connectivity index (χ0) is 12.6. The fourth-order valence-corrected chi connectivity index (χ4v) is 1.90. The molecule has 0 saturated heterocycles. The summed E-state index contributed by atoms with van der Waals surface area (Å²) in [5.74, 6) is -0.599. The minimum Gasteiger partial charge on any atom is -0.318 e. The quantitative estimate of drug-likeness (QED) is 0.746. The molecule has 0 fully saturated rings. The van der Waals surface area contributed by atoms with Crippen LogP contribution in [0.4, 0.5) is 4.39 Å². The molecule has 0 aliphatic carbocycles. The lowest BCUT2D eigenvalue weighted by molar-refractivity contribution is 0.432. The second kappa shape index (κ2) is 4.04. The van der Waals surface area contributed by atoms with Crippen LogP contribution in [0.3, 0.4) is 0 Å². The Labute approximate surface area is 92.9 Å². The van der Waals surface area contributed by atoms with Crippen LogP contribution in [-0.2, 0) is 15.6 Å². The van der Waals surface area contributed by atoms with Gasteiger partial charge in [0.15, 0.2) is 5.82 Å². The van der Waals surface area contributed by atoms with Gasteiger partial charge in [0, 0.05) is 0 Å². The minimum absolute atomic E-state index is 0.0235. The van der Waals surface area contributed by atoms with E-state index in [9.17, 15) is 12.8 Å². The molecule has 0 radical (unpaired) electrons. The van der Waals surface area contributed by atoms with Gasteiger partial charge in [-0.15, -0.1) is 0 Å². The van der Waals surface area contributed by atoms with Crippen LogP contribution in [-0.4, -0.2) is 23.6 Å². The maximum Gasteiger partial charge on any atom is 0.213 e. The highest BCUT2D eigenvalue weighted by Gasteiger charge is 2.38. The first-order valence-corrected chi connectivity index (χ1v) is 6.05. The molecule has 0 aromatic carbocycles. The molecule has 2 atom stereocenters. The highest BCUT2D eigenvalue weighted by atomic mass is 32.2. The lowest BCUT2D eigenvalue weighted by Crippen LogP contribution is -2.50. The van der Waals surface area contributed by atoms with Gasteiger partial charge in [-0.3, -0.25) is 0 Å². The molecule has 6 nitrogen and oxygen atoms in total. The molecule has 1 rings (SSSR count). The van der Waals surface area contributed by atoms with Crippen molar-refractivity contribution in [1.29, 1.82) is 0 Å². The third-order valence-corrected chi connectivity index (χ3v) is 3.91. The van der Waals surface area contributed by atoms with Crippen LogP contribution in [0.1, 0.15) is 19.7 Å². The van der Waals surface area contributed by atoms with Gasteiger partial charge in [0.2, 0.25) is 10.0 Å². The molecule has 1 unspecified atom stereocenters. The van der Waals surface area contributed by atoms with Crippen molar-refractivity contribution in [2.75, 3.05) is 0 Å². The first-order valence-electron chi connectivity index (χ1n) is 4.44. The average molecular weight is 248 g/mol. The largest absolute Gasteiger partial charge is 0.318 e. The lowest BCUT2D eigenvalue weighted by atomic mass is 9.99. The van der Waals surface area contributed by atoms with Crippen LogP contribution >= 0.6 is 0 Å². The molecule has 1 aromatic heterocycles. The zero-order valence-corrected chi connectivity index (χ0v) is 9.70. The number of halogens is 1. The normalized spacial score (nSPS) is 17.8. The van der Waals surface area contributed by atoms with Gasteiger partial charge in [-0.1, -0.05) is 0 Å². The van der Waals surface area contributed by atoms with Gasteiger partial charge >= 0.3 is 0 Å². The second-order valence-electron chi connectivity index (χ2n) is 3.74. The van der Waals surface area contributed by atoms with E-state index in [-0.39, 0.29) is 5.82 Å². The van der Waals surface area contributed by atoms with Gasteiger partial charge < -0.3 is 5.73 Å². The highest BCUT2D eigenvalue weighted by Crippen LogP contribution is 2.21. The number of hydrogen-bond acceptors (Lipinski definition) is 5. The summed E-state index contributed by atoms with van der Waals surface area (Å²) in [6.45, 7) is 2.78. The van der Waals surface area contributed by atoms with Crippen molar-refractivity contribution >= 4 is 10.0 Å². The van der Waals surface area contributed by atoms with Crippen LogP contribution in [0.5, 0.6) is 0 Å². The predicted molar refractivity (Wildman–Crippen MR) is 56.1 cm³/mol. The van der Waals surface area contributed by atoms with E-state index >= 15 is 0 Å². The monoisotopic (exact) mass is 248 g/mol. The van der Waals surface area contributed by atoms with Crippen molar-refractivity contribution < 1.29 is 12.8 Å². The lowest BCUT2D eigenvalue weighted by Gasteiger charge is -2.27. The Kier molecular flexibility index (Phi) is 3.27. The van der Waals surface area contributed by atoms with Crippen molar-refractivity contribution in [3.8, 4) is 0 Å². The van der Waals surface area contributed by atoms with E-state index in [0.717, 1.165) is 12.4 Å². The molecule has 0 aliphatic rings. The van der Waals surface area contributed by atoms with Gasteiger partial charge in [-0.2, -0.15) is 0 Å². The van der Waals surface area contributed by atoms with Crippen LogP contribution in [0, 0.1) is 5.82 Å². The molecule has 8 heteroatoms. The van der Waals surface area contributed by atoms with E-state index in [4.69, 9.17) is 10.9 Å². The van der Waals surface area contributed by atoms with E-state index < -0.39 is 26.6 Å². The van der Waals surface area contributed by atoms with Crippen molar-refractivity contribution in [2.45, 2.75) is 24.6 Å². The van der Waals surface area contributed by atoms with Crippen LogP contribution in [0.15, 0.2) is 12.4 Å². The summed E-state index contributed by atoms with van der Waals surface area (Å²) >= 11 is 0. The summed E-state index contributed by atoms with van der Waals surface area (Å²) in [7, 11) is -3.82. The van der Waals surface area contributed by atoms with Crippen LogP contribution < -0.4 is 10.9 Å².